The molecular formula is C17H26N2. The zero-order chi connectivity index (χ0) is 13.1. The lowest BCUT2D eigenvalue weighted by atomic mass is 9.97. The van der Waals surface area contributed by atoms with Gasteiger partial charge in [0.1, 0.15) is 0 Å². The van der Waals surface area contributed by atoms with Gasteiger partial charge >= 0.3 is 0 Å². The second-order valence-corrected chi connectivity index (χ2v) is 6.10. The predicted molar refractivity (Wildman–Crippen MR) is 81.7 cm³/mol. The molecule has 19 heavy (non-hydrogen) atoms. The molecule has 0 unspecified atom stereocenters. The Hall–Kier alpha value is -1.02. The van der Waals surface area contributed by atoms with Crippen LogP contribution in [0.4, 0.5) is 5.69 Å². The molecule has 1 aliphatic carbocycles. The minimum absolute atomic E-state index is 0.754. The van der Waals surface area contributed by atoms with Gasteiger partial charge in [0.2, 0.25) is 0 Å². The molecule has 1 heterocycles. The maximum Gasteiger partial charge on any atom is 0.0402 e. The van der Waals surface area contributed by atoms with Crippen molar-refractivity contribution in [2.24, 2.45) is 0 Å². The Morgan fingerprint density at radius 3 is 2.68 bits per heavy atom. The van der Waals surface area contributed by atoms with Gasteiger partial charge in [-0.1, -0.05) is 37.8 Å². The Kier molecular flexibility index (Phi) is 4.07. The quantitative estimate of drug-likeness (QED) is 0.817. The van der Waals surface area contributed by atoms with Crippen LogP contribution in [0.2, 0.25) is 0 Å². The molecule has 0 aromatic heterocycles. The summed E-state index contributed by atoms with van der Waals surface area (Å²) in [4.78, 5) is 2.58. The third-order valence-electron chi connectivity index (χ3n) is 4.87. The maximum absolute atomic E-state index is 3.48. The van der Waals surface area contributed by atoms with Gasteiger partial charge in [0.15, 0.2) is 0 Å². The molecule has 2 nitrogen and oxygen atoms in total. The fourth-order valence-corrected chi connectivity index (χ4v) is 3.68. The summed E-state index contributed by atoms with van der Waals surface area (Å²) in [5, 5.41) is 3.48. The van der Waals surface area contributed by atoms with Gasteiger partial charge in [0, 0.05) is 25.3 Å². The molecule has 0 radical (unpaired) electrons. The fourth-order valence-electron chi connectivity index (χ4n) is 3.68. The van der Waals surface area contributed by atoms with E-state index in [-0.39, 0.29) is 0 Å². The van der Waals surface area contributed by atoms with Gasteiger partial charge in [-0.15, -0.1) is 0 Å². The smallest absolute Gasteiger partial charge is 0.0402 e. The van der Waals surface area contributed by atoms with Crippen molar-refractivity contribution in [1.82, 2.24) is 5.32 Å². The van der Waals surface area contributed by atoms with Crippen molar-refractivity contribution < 1.29 is 0 Å². The zero-order valence-electron chi connectivity index (χ0n) is 12.1. The molecule has 0 bridgehead atoms. The van der Waals surface area contributed by atoms with Crippen molar-refractivity contribution >= 4 is 5.69 Å². The minimum Gasteiger partial charge on any atom is -0.371 e. The lowest BCUT2D eigenvalue weighted by Gasteiger charge is -2.33. The lowest BCUT2D eigenvalue weighted by molar-refractivity contribution is 0.549. The van der Waals surface area contributed by atoms with E-state index in [1.807, 2.05) is 0 Å². The van der Waals surface area contributed by atoms with E-state index in [0.29, 0.717) is 0 Å². The number of rotatable bonds is 2. The van der Waals surface area contributed by atoms with Gasteiger partial charge in [-0.3, -0.25) is 0 Å². The van der Waals surface area contributed by atoms with Gasteiger partial charge in [0.25, 0.3) is 0 Å². The average molecular weight is 258 g/mol. The Labute approximate surface area is 117 Å². The van der Waals surface area contributed by atoms with E-state index in [4.69, 9.17) is 0 Å². The number of anilines is 1. The molecule has 2 aliphatic rings. The molecule has 0 amide bonds. The van der Waals surface area contributed by atoms with Crippen LogP contribution in [0, 0.1) is 0 Å². The van der Waals surface area contributed by atoms with Crippen LogP contribution < -0.4 is 10.2 Å². The molecule has 0 saturated heterocycles. The molecule has 2 heteroatoms. The Balaban J connectivity index is 1.84. The SMILES string of the molecule is CN(c1cccc2c1CCNC2)C1CCCCCC1. The van der Waals surface area contributed by atoms with E-state index in [2.05, 4.69) is 35.5 Å². The van der Waals surface area contributed by atoms with E-state index in [0.717, 1.165) is 19.1 Å². The predicted octanol–water partition coefficient (Wildman–Crippen LogP) is 3.49. The number of fused-ring (bicyclic) bond motifs is 1. The first-order valence-electron chi connectivity index (χ1n) is 7.90. The third kappa shape index (κ3) is 2.79. The van der Waals surface area contributed by atoms with Gasteiger partial charge < -0.3 is 10.2 Å². The number of nitrogens with one attached hydrogen (secondary N) is 1. The van der Waals surface area contributed by atoms with Crippen LogP contribution in [-0.2, 0) is 13.0 Å². The summed E-state index contributed by atoms with van der Waals surface area (Å²) >= 11 is 0. The van der Waals surface area contributed by atoms with Crippen LogP contribution in [0.3, 0.4) is 0 Å². The molecule has 3 rings (SSSR count). The second kappa shape index (κ2) is 5.96. The molecule has 1 fully saturated rings. The van der Waals surface area contributed by atoms with Gasteiger partial charge in [-0.05, 0) is 43.0 Å². The number of hydrogen-bond donors (Lipinski definition) is 1. The highest BCUT2D eigenvalue weighted by atomic mass is 15.1. The Bertz CT molecular complexity index is 419. The molecule has 1 aromatic carbocycles. The summed E-state index contributed by atoms with van der Waals surface area (Å²) in [5.74, 6) is 0. The van der Waals surface area contributed by atoms with Gasteiger partial charge in [-0.25, -0.2) is 0 Å². The van der Waals surface area contributed by atoms with E-state index in [1.165, 1.54) is 56.2 Å². The van der Waals surface area contributed by atoms with Gasteiger partial charge in [-0.2, -0.15) is 0 Å². The number of nitrogens with zero attached hydrogens (tertiary/aromatic N) is 1. The van der Waals surface area contributed by atoms with E-state index in [1.54, 1.807) is 5.56 Å². The van der Waals surface area contributed by atoms with Crippen LogP contribution in [0.5, 0.6) is 0 Å². The van der Waals surface area contributed by atoms with Crippen LogP contribution in [0.1, 0.15) is 49.7 Å². The topological polar surface area (TPSA) is 15.3 Å². The minimum atomic E-state index is 0.754. The number of benzene rings is 1. The van der Waals surface area contributed by atoms with Crippen LogP contribution in [0.15, 0.2) is 18.2 Å². The fraction of sp³-hybridized carbons (Fsp3) is 0.647. The molecule has 1 aliphatic heterocycles. The zero-order valence-corrected chi connectivity index (χ0v) is 12.1. The van der Waals surface area contributed by atoms with Gasteiger partial charge in [0.05, 0.1) is 0 Å². The van der Waals surface area contributed by atoms with E-state index in [9.17, 15) is 0 Å². The van der Waals surface area contributed by atoms with Crippen molar-refractivity contribution in [2.45, 2.75) is 57.5 Å². The van der Waals surface area contributed by atoms with E-state index < -0.39 is 0 Å². The largest absolute Gasteiger partial charge is 0.371 e. The lowest BCUT2D eigenvalue weighted by Crippen LogP contribution is -2.33. The first-order chi connectivity index (χ1) is 9.36. The summed E-state index contributed by atoms with van der Waals surface area (Å²) in [7, 11) is 2.31. The van der Waals surface area contributed by atoms with Crippen molar-refractivity contribution in [1.29, 1.82) is 0 Å². The molecule has 0 spiro atoms. The summed E-state index contributed by atoms with van der Waals surface area (Å²) in [6.45, 7) is 2.17. The molecule has 1 N–H and O–H groups in total. The first kappa shape index (κ1) is 13.0. The Morgan fingerprint density at radius 1 is 1.11 bits per heavy atom. The highest BCUT2D eigenvalue weighted by Gasteiger charge is 2.21. The van der Waals surface area contributed by atoms with Crippen molar-refractivity contribution in [3.05, 3.63) is 29.3 Å². The van der Waals surface area contributed by atoms with Crippen molar-refractivity contribution in [3.63, 3.8) is 0 Å². The normalized spacial score (nSPS) is 20.7. The monoisotopic (exact) mass is 258 g/mol. The average Bonchev–Trinajstić information content (AvgIpc) is 2.75. The second-order valence-electron chi connectivity index (χ2n) is 6.10. The van der Waals surface area contributed by atoms with Crippen LogP contribution in [-0.4, -0.2) is 19.6 Å². The van der Waals surface area contributed by atoms with Crippen LogP contribution >= 0.6 is 0 Å². The summed E-state index contributed by atoms with van der Waals surface area (Å²) in [6.07, 6.45) is 9.61. The Morgan fingerprint density at radius 2 is 1.89 bits per heavy atom. The molecule has 1 aromatic rings. The highest BCUT2D eigenvalue weighted by Crippen LogP contribution is 2.30. The number of hydrogen-bond acceptors (Lipinski definition) is 2. The molecule has 1 saturated carbocycles. The summed E-state index contributed by atoms with van der Waals surface area (Å²) in [5.41, 5.74) is 4.59. The van der Waals surface area contributed by atoms with E-state index >= 15 is 0 Å². The first-order valence-corrected chi connectivity index (χ1v) is 7.90. The maximum atomic E-state index is 3.48. The molecular weight excluding hydrogens is 232 g/mol. The summed E-state index contributed by atoms with van der Waals surface area (Å²) < 4.78 is 0. The molecule has 0 atom stereocenters. The highest BCUT2D eigenvalue weighted by molar-refractivity contribution is 5.57. The van der Waals surface area contributed by atoms with Crippen molar-refractivity contribution in [3.8, 4) is 0 Å². The third-order valence-corrected chi connectivity index (χ3v) is 4.87. The van der Waals surface area contributed by atoms with Crippen LogP contribution in [0.25, 0.3) is 0 Å². The standard InChI is InChI=1S/C17H26N2/c1-19(15-8-4-2-3-5-9-15)17-10-6-7-14-13-18-12-11-16(14)17/h6-7,10,15,18H,2-5,8-9,11-13H2,1H3. The van der Waals surface area contributed by atoms with Crippen molar-refractivity contribution in [2.75, 3.05) is 18.5 Å². The molecule has 104 valence electrons. The summed E-state index contributed by atoms with van der Waals surface area (Å²) in [6, 6.07) is 7.60.